The number of aromatic hydroxyl groups is 1. The monoisotopic (exact) mass is 451 g/mol. The first kappa shape index (κ1) is 22.1. The number of H-pyrrole nitrogens is 1. The molecule has 1 aliphatic heterocycles. The second-order valence-corrected chi connectivity index (χ2v) is 7.58. The van der Waals surface area contributed by atoms with Crippen LogP contribution in [0.1, 0.15) is 36.4 Å². The number of methoxy groups -OCH3 is 2. The summed E-state index contributed by atoms with van der Waals surface area (Å²) >= 11 is 0. The van der Waals surface area contributed by atoms with E-state index in [-0.39, 0.29) is 17.3 Å². The Bertz CT molecular complexity index is 1270. The van der Waals surface area contributed by atoms with Gasteiger partial charge < -0.3 is 14.6 Å². The molecule has 33 heavy (non-hydrogen) atoms. The van der Waals surface area contributed by atoms with Crippen molar-refractivity contribution in [2.75, 3.05) is 20.8 Å². The highest BCUT2D eigenvalue weighted by atomic mass is 16.5. The van der Waals surface area contributed by atoms with Crippen molar-refractivity contribution in [2.24, 2.45) is 5.10 Å². The van der Waals surface area contributed by atoms with Gasteiger partial charge in [-0.05, 0) is 43.0 Å². The highest BCUT2D eigenvalue weighted by Crippen LogP contribution is 2.31. The highest BCUT2D eigenvalue weighted by Gasteiger charge is 2.23. The van der Waals surface area contributed by atoms with E-state index >= 15 is 0 Å². The number of nitrogens with one attached hydrogen (secondary N) is 1. The van der Waals surface area contributed by atoms with Gasteiger partial charge in [0.15, 0.2) is 0 Å². The molecule has 0 unspecified atom stereocenters. The molecule has 3 aromatic rings. The molecular formula is C23H25N5O5. The Kier molecular flexibility index (Phi) is 6.43. The van der Waals surface area contributed by atoms with E-state index in [4.69, 9.17) is 9.47 Å². The van der Waals surface area contributed by atoms with Crippen LogP contribution in [-0.4, -0.2) is 51.6 Å². The lowest BCUT2D eigenvalue weighted by Crippen LogP contribution is -2.32. The van der Waals surface area contributed by atoms with Crippen LogP contribution in [0.15, 0.2) is 57.4 Å². The molecule has 4 rings (SSSR count). The van der Waals surface area contributed by atoms with Crippen molar-refractivity contribution in [3.63, 3.8) is 0 Å². The number of aromatic nitrogens is 3. The first-order chi connectivity index (χ1) is 16.0. The summed E-state index contributed by atoms with van der Waals surface area (Å²) in [5.74, 6) is 0.218. The van der Waals surface area contributed by atoms with Crippen LogP contribution in [0.4, 0.5) is 0 Å². The van der Waals surface area contributed by atoms with E-state index in [1.165, 1.54) is 26.5 Å². The fraction of sp³-hybridized carbons (Fsp3) is 0.304. The van der Waals surface area contributed by atoms with Gasteiger partial charge >= 0.3 is 5.69 Å². The van der Waals surface area contributed by atoms with Crippen LogP contribution in [0.25, 0.3) is 5.69 Å². The van der Waals surface area contributed by atoms with Gasteiger partial charge in [-0.3, -0.25) is 19.8 Å². The summed E-state index contributed by atoms with van der Waals surface area (Å²) in [5, 5.41) is 17.3. The Balaban J connectivity index is 1.76. The molecule has 1 aromatic carbocycles. The maximum absolute atomic E-state index is 12.6. The van der Waals surface area contributed by atoms with Gasteiger partial charge in [-0.1, -0.05) is 6.07 Å². The smallest absolute Gasteiger partial charge is 0.335 e. The van der Waals surface area contributed by atoms with E-state index in [1.54, 1.807) is 24.5 Å². The van der Waals surface area contributed by atoms with Crippen molar-refractivity contribution < 1.29 is 14.6 Å². The van der Waals surface area contributed by atoms with E-state index in [9.17, 15) is 14.7 Å². The number of ether oxygens (including phenoxy) is 2. The number of hydrazone groups is 1. The fourth-order valence-electron chi connectivity index (χ4n) is 3.95. The number of aromatic amines is 1. The zero-order valence-corrected chi connectivity index (χ0v) is 18.4. The van der Waals surface area contributed by atoms with Gasteiger partial charge in [-0.2, -0.15) is 5.10 Å². The zero-order valence-electron chi connectivity index (χ0n) is 18.4. The van der Waals surface area contributed by atoms with Gasteiger partial charge in [0.05, 0.1) is 32.2 Å². The SMILES string of the molecule is COc1ccc(OC)c(-n2c(O)c(/C=N/N3CCCC[C@@H]3c3cccnc3)c(=O)[nH]c2=O)c1. The Labute approximate surface area is 189 Å². The van der Waals surface area contributed by atoms with Crippen LogP contribution < -0.4 is 20.7 Å². The number of benzene rings is 1. The molecule has 0 spiro atoms. The average Bonchev–Trinajstić information content (AvgIpc) is 2.84. The van der Waals surface area contributed by atoms with E-state index < -0.39 is 17.1 Å². The summed E-state index contributed by atoms with van der Waals surface area (Å²) in [7, 11) is 2.92. The normalized spacial score (nSPS) is 16.2. The largest absolute Gasteiger partial charge is 0.497 e. The standard InChI is InChI=1S/C23H25N5O5/c1-32-16-8-9-20(33-2)19(12-16)28-22(30)17(21(29)26-23(28)31)14-25-27-11-4-3-7-18(27)15-6-5-10-24-13-15/h5-6,8-10,12-14,18,30H,3-4,7,11H2,1-2H3,(H,26,29,31)/b25-14+/t18-/m1/s1. The topological polar surface area (TPSA) is 122 Å². The van der Waals surface area contributed by atoms with Crippen LogP contribution in [0, 0.1) is 0 Å². The molecule has 0 aliphatic carbocycles. The molecule has 10 heteroatoms. The van der Waals surface area contributed by atoms with Gasteiger partial charge in [-0.15, -0.1) is 0 Å². The third-order valence-electron chi connectivity index (χ3n) is 5.63. The number of pyridine rings is 1. The van der Waals surface area contributed by atoms with Crippen LogP contribution in [0.2, 0.25) is 0 Å². The predicted molar refractivity (Wildman–Crippen MR) is 123 cm³/mol. The Morgan fingerprint density at radius 1 is 1.21 bits per heavy atom. The molecule has 1 fully saturated rings. The van der Waals surface area contributed by atoms with Gasteiger partial charge in [0, 0.05) is 25.0 Å². The third-order valence-corrected chi connectivity index (χ3v) is 5.63. The van der Waals surface area contributed by atoms with Crippen molar-refractivity contribution in [3.8, 4) is 23.1 Å². The average molecular weight is 451 g/mol. The van der Waals surface area contributed by atoms with Crippen LogP contribution in [0.5, 0.6) is 17.4 Å². The lowest BCUT2D eigenvalue weighted by molar-refractivity contribution is 0.156. The second kappa shape index (κ2) is 9.60. The lowest BCUT2D eigenvalue weighted by atomic mass is 9.98. The van der Waals surface area contributed by atoms with Crippen LogP contribution >= 0.6 is 0 Å². The summed E-state index contributed by atoms with van der Waals surface area (Å²) in [5.41, 5.74) is -0.452. The summed E-state index contributed by atoms with van der Waals surface area (Å²) in [6.45, 7) is 0.693. The lowest BCUT2D eigenvalue weighted by Gasteiger charge is -2.33. The number of hydrogen-bond acceptors (Lipinski definition) is 8. The van der Waals surface area contributed by atoms with Crippen molar-refractivity contribution in [3.05, 3.63) is 74.7 Å². The summed E-state index contributed by atoms with van der Waals surface area (Å²) in [6, 6.07) is 8.67. The molecule has 2 N–H and O–H groups in total. The number of nitrogens with zero attached hydrogens (tertiary/aromatic N) is 4. The molecule has 1 atom stereocenters. The van der Waals surface area contributed by atoms with Gasteiger partial charge in [0.2, 0.25) is 5.88 Å². The van der Waals surface area contributed by atoms with E-state index in [0.717, 1.165) is 29.4 Å². The Morgan fingerprint density at radius 3 is 2.79 bits per heavy atom. The van der Waals surface area contributed by atoms with E-state index in [1.807, 2.05) is 17.1 Å². The maximum atomic E-state index is 12.6. The molecule has 1 aliphatic rings. The molecule has 2 aromatic heterocycles. The molecule has 0 amide bonds. The molecule has 3 heterocycles. The minimum absolute atomic E-state index is 0.00862. The Hall–Kier alpha value is -4.08. The van der Waals surface area contributed by atoms with Crippen molar-refractivity contribution in [1.82, 2.24) is 19.5 Å². The van der Waals surface area contributed by atoms with Crippen molar-refractivity contribution in [2.45, 2.75) is 25.3 Å². The quantitative estimate of drug-likeness (QED) is 0.551. The molecule has 1 saturated heterocycles. The molecule has 0 bridgehead atoms. The van der Waals surface area contributed by atoms with Crippen LogP contribution in [-0.2, 0) is 0 Å². The maximum Gasteiger partial charge on any atom is 0.335 e. The first-order valence-corrected chi connectivity index (χ1v) is 10.5. The van der Waals surface area contributed by atoms with Gasteiger partial charge in [-0.25, -0.2) is 9.36 Å². The predicted octanol–water partition coefficient (Wildman–Crippen LogP) is 2.20. The van der Waals surface area contributed by atoms with Gasteiger partial charge in [0.25, 0.3) is 5.56 Å². The summed E-state index contributed by atoms with van der Waals surface area (Å²) in [6.07, 6.45) is 7.71. The third kappa shape index (κ3) is 4.45. The van der Waals surface area contributed by atoms with Crippen LogP contribution in [0.3, 0.4) is 0 Å². The molecule has 10 nitrogen and oxygen atoms in total. The number of hydrogen-bond donors (Lipinski definition) is 2. The molecule has 0 radical (unpaired) electrons. The first-order valence-electron chi connectivity index (χ1n) is 10.5. The number of rotatable bonds is 6. The minimum Gasteiger partial charge on any atom is -0.497 e. The van der Waals surface area contributed by atoms with Crippen molar-refractivity contribution >= 4 is 6.21 Å². The van der Waals surface area contributed by atoms with Crippen molar-refractivity contribution in [1.29, 1.82) is 0 Å². The van der Waals surface area contributed by atoms with E-state index in [2.05, 4.69) is 15.1 Å². The molecule has 172 valence electrons. The minimum atomic E-state index is -0.813. The van der Waals surface area contributed by atoms with Gasteiger partial charge in [0.1, 0.15) is 17.1 Å². The molecular weight excluding hydrogens is 426 g/mol. The highest BCUT2D eigenvalue weighted by molar-refractivity contribution is 5.82. The Morgan fingerprint density at radius 2 is 2.06 bits per heavy atom. The fourth-order valence-corrected chi connectivity index (χ4v) is 3.95. The molecule has 0 saturated carbocycles. The number of piperidine rings is 1. The summed E-state index contributed by atoms with van der Waals surface area (Å²) < 4.78 is 11.5. The van der Waals surface area contributed by atoms with E-state index in [0.29, 0.717) is 18.0 Å². The zero-order chi connectivity index (χ0) is 23.4. The summed E-state index contributed by atoms with van der Waals surface area (Å²) in [4.78, 5) is 31.6. The second-order valence-electron chi connectivity index (χ2n) is 7.58.